The number of aromatic hydroxyl groups is 1. The number of phenols is 1. The summed E-state index contributed by atoms with van der Waals surface area (Å²) in [5.41, 5.74) is -5.68. The molecule has 0 saturated heterocycles. The van der Waals surface area contributed by atoms with Crippen LogP contribution in [0.3, 0.4) is 0 Å². The first-order valence-corrected chi connectivity index (χ1v) is 10.4. The summed E-state index contributed by atoms with van der Waals surface area (Å²) in [6.07, 6.45) is -0.177. The molecule has 4 rings (SSSR count). The van der Waals surface area contributed by atoms with Gasteiger partial charge in [0.05, 0.1) is 17.2 Å². The maximum absolute atomic E-state index is 13.4. The minimum Gasteiger partial charge on any atom is -0.510 e. The Bertz CT molecular complexity index is 1160. The molecule has 0 unspecified atom stereocenters. The molecule has 0 bridgehead atoms. The normalized spacial score (nSPS) is 33.6. The summed E-state index contributed by atoms with van der Waals surface area (Å²) in [7, 11) is 4.37. The van der Waals surface area contributed by atoms with Crippen molar-refractivity contribution in [3.63, 3.8) is 0 Å². The quantitative estimate of drug-likeness (QED) is 0.335. The van der Waals surface area contributed by atoms with E-state index in [0.717, 1.165) is 0 Å². The molecular weight excluding hydrogens is 432 g/mol. The molecule has 0 aromatic heterocycles. The first kappa shape index (κ1) is 23.0. The van der Waals surface area contributed by atoms with Gasteiger partial charge in [-0.3, -0.25) is 19.3 Å². The van der Waals surface area contributed by atoms with Gasteiger partial charge in [0.25, 0.3) is 5.91 Å². The third kappa shape index (κ3) is 2.74. The lowest BCUT2D eigenvalue weighted by Gasteiger charge is -2.52. The molecule has 33 heavy (non-hydrogen) atoms. The van der Waals surface area contributed by atoms with Crippen LogP contribution in [0, 0.1) is 11.8 Å². The number of ketones is 2. The molecule has 6 N–H and O–H groups in total. The van der Waals surface area contributed by atoms with Crippen LogP contribution in [0.4, 0.5) is 0 Å². The predicted octanol–water partition coefficient (Wildman–Crippen LogP) is 0.0463. The van der Waals surface area contributed by atoms with E-state index in [4.69, 9.17) is 0 Å². The van der Waals surface area contributed by atoms with Crippen molar-refractivity contribution in [2.24, 2.45) is 11.8 Å². The molecule has 0 heterocycles. The second-order valence-corrected chi connectivity index (χ2v) is 9.18. The monoisotopic (exact) mass is 458 g/mol. The Morgan fingerprint density at radius 2 is 1.79 bits per heavy atom. The summed E-state index contributed by atoms with van der Waals surface area (Å²) < 4.78 is 0. The second-order valence-electron chi connectivity index (χ2n) is 9.18. The molecule has 0 aliphatic heterocycles. The molecule has 5 atom stereocenters. The highest BCUT2D eigenvalue weighted by Crippen LogP contribution is 2.56. The molecule has 176 valence electrons. The minimum atomic E-state index is -2.71. The average molecular weight is 458 g/mol. The number of aliphatic hydroxyl groups excluding tert-OH is 2. The van der Waals surface area contributed by atoms with Gasteiger partial charge in [0, 0.05) is 24.5 Å². The number of nitrogens with zero attached hydrogens (tertiary/aromatic N) is 1. The highest BCUT2D eigenvalue weighted by Gasteiger charge is 2.65. The average Bonchev–Trinajstić information content (AvgIpc) is 2.74. The number of Topliss-reactive ketones (excluding diaryl/α,β-unsaturated/α-hetero) is 2. The van der Waals surface area contributed by atoms with E-state index in [1.165, 1.54) is 37.1 Å². The largest absolute Gasteiger partial charge is 0.510 e. The fourth-order valence-electron chi connectivity index (χ4n) is 5.62. The van der Waals surface area contributed by atoms with Gasteiger partial charge in [-0.05, 0) is 39.1 Å². The van der Waals surface area contributed by atoms with Gasteiger partial charge in [0.15, 0.2) is 11.4 Å². The summed E-state index contributed by atoms with van der Waals surface area (Å²) in [6.45, 7) is 1.42. The van der Waals surface area contributed by atoms with Crippen molar-refractivity contribution in [3.05, 3.63) is 52.0 Å². The predicted molar refractivity (Wildman–Crippen MR) is 114 cm³/mol. The highest BCUT2D eigenvalue weighted by atomic mass is 16.3. The second kappa shape index (κ2) is 7.14. The minimum absolute atomic E-state index is 0.147. The topological polar surface area (TPSA) is 168 Å². The number of carbonyl (C=O) groups is 3. The lowest BCUT2D eigenvalue weighted by molar-refractivity contribution is -0.152. The zero-order valence-corrected chi connectivity index (χ0v) is 18.6. The van der Waals surface area contributed by atoms with Crippen molar-refractivity contribution in [2.45, 2.75) is 30.6 Å². The van der Waals surface area contributed by atoms with Crippen molar-refractivity contribution >= 4 is 17.5 Å². The molecule has 3 aliphatic carbocycles. The molecule has 1 aromatic carbocycles. The van der Waals surface area contributed by atoms with Crippen LogP contribution in [0.25, 0.3) is 0 Å². The Morgan fingerprint density at radius 3 is 2.36 bits per heavy atom. The number of benzene rings is 1. The molecule has 3 aliphatic rings. The van der Waals surface area contributed by atoms with Crippen LogP contribution < -0.4 is 5.32 Å². The maximum Gasteiger partial charge on any atom is 0.258 e. The van der Waals surface area contributed by atoms with Crippen LogP contribution >= 0.6 is 0 Å². The number of fused-ring (bicyclic) bond motifs is 3. The molecule has 0 radical (unpaired) electrons. The molecule has 10 heteroatoms. The lowest BCUT2D eigenvalue weighted by Crippen LogP contribution is -2.65. The van der Waals surface area contributed by atoms with Gasteiger partial charge in [0.2, 0.25) is 5.78 Å². The van der Waals surface area contributed by atoms with E-state index in [9.17, 15) is 39.9 Å². The Hall–Kier alpha value is -3.21. The SMILES string of the molecule is CNC(=O)C1=C(O)[C@@H](N(C)C)[C@@H]2C[C@H]3C(=C(O)[C@]2(O)C1=O)C(=O)c1c(O)cccc1[C@@]3(C)O. The third-order valence-corrected chi connectivity index (χ3v) is 7.23. The number of hydrogen-bond acceptors (Lipinski definition) is 9. The number of phenolic OH excluding ortho intramolecular Hbond substituents is 1. The molecule has 0 fully saturated rings. The first-order chi connectivity index (χ1) is 15.3. The number of hydrogen-bond donors (Lipinski definition) is 6. The Balaban J connectivity index is 2.04. The van der Waals surface area contributed by atoms with E-state index in [2.05, 4.69) is 5.32 Å². The zero-order chi connectivity index (χ0) is 24.6. The molecule has 1 amide bonds. The molecule has 0 saturated carbocycles. The number of amides is 1. The van der Waals surface area contributed by atoms with Crippen LogP contribution in [0.5, 0.6) is 5.75 Å². The number of aliphatic hydroxyl groups is 4. The summed E-state index contributed by atoms with van der Waals surface area (Å²) in [5.74, 6) is -7.28. The van der Waals surface area contributed by atoms with Gasteiger partial charge in [0.1, 0.15) is 22.8 Å². The van der Waals surface area contributed by atoms with E-state index in [1.54, 1.807) is 14.1 Å². The third-order valence-electron chi connectivity index (χ3n) is 7.23. The smallest absolute Gasteiger partial charge is 0.258 e. The highest BCUT2D eigenvalue weighted by molar-refractivity contribution is 6.25. The van der Waals surface area contributed by atoms with Crippen LogP contribution in [-0.2, 0) is 15.2 Å². The first-order valence-electron chi connectivity index (χ1n) is 10.4. The van der Waals surface area contributed by atoms with Gasteiger partial charge in [-0.15, -0.1) is 0 Å². The van der Waals surface area contributed by atoms with Crippen molar-refractivity contribution in [1.29, 1.82) is 0 Å². The van der Waals surface area contributed by atoms with E-state index in [1.807, 2.05) is 0 Å². The molecule has 1 aromatic rings. The number of nitrogens with one attached hydrogen (secondary N) is 1. The Labute approximate surface area is 189 Å². The molecular formula is C23H26N2O8. The van der Waals surface area contributed by atoms with Crippen LogP contribution in [0.15, 0.2) is 40.9 Å². The fourth-order valence-corrected chi connectivity index (χ4v) is 5.62. The number of rotatable bonds is 2. The lowest BCUT2D eigenvalue weighted by atomic mass is 9.55. The Kier molecular flexibility index (Phi) is 4.97. The van der Waals surface area contributed by atoms with Gasteiger partial charge >= 0.3 is 0 Å². The standard InChI is InChI=1S/C23H26N2O8/c1-22(32)9-6-5-7-12(26)13(9)17(27)14-10(22)8-11-16(25(3)4)18(28)15(21(31)24-2)20(30)23(11,33)19(14)29/h5-7,10-11,16,26,28-29,32-33H,8H2,1-4H3,(H,24,31)/t10-,11-,16-,22+,23-/m0/s1. The van der Waals surface area contributed by atoms with E-state index < -0.39 is 75.0 Å². The number of likely N-dealkylation sites (N-methyl/N-ethyl adjacent to an activating group) is 2. The number of carbonyl (C=O) groups excluding carboxylic acids is 3. The summed E-state index contributed by atoms with van der Waals surface area (Å²) >= 11 is 0. The summed E-state index contributed by atoms with van der Waals surface area (Å²) in [5, 5.41) is 57.7. The van der Waals surface area contributed by atoms with Crippen molar-refractivity contribution in [1.82, 2.24) is 10.2 Å². The van der Waals surface area contributed by atoms with Crippen molar-refractivity contribution < 1.29 is 39.9 Å². The van der Waals surface area contributed by atoms with Crippen LogP contribution in [-0.4, -0.2) is 80.7 Å². The van der Waals surface area contributed by atoms with Gasteiger partial charge < -0.3 is 30.8 Å². The van der Waals surface area contributed by atoms with Crippen molar-refractivity contribution in [3.8, 4) is 5.75 Å². The summed E-state index contributed by atoms with van der Waals surface area (Å²) in [6, 6.07) is 3.13. The van der Waals surface area contributed by atoms with Gasteiger partial charge in [-0.2, -0.15) is 0 Å². The summed E-state index contributed by atoms with van der Waals surface area (Å²) in [4.78, 5) is 40.6. The van der Waals surface area contributed by atoms with E-state index >= 15 is 0 Å². The van der Waals surface area contributed by atoms with Crippen LogP contribution in [0.1, 0.15) is 29.3 Å². The maximum atomic E-state index is 13.4. The zero-order valence-electron chi connectivity index (χ0n) is 18.6. The van der Waals surface area contributed by atoms with Gasteiger partial charge in [-0.25, -0.2) is 0 Å². The fraction of sp³-hybridized carbons (Fsp3) is 0.435. The van der Waals surface area contributed by atoms with E-state index in [0.29, 0.717) is 0 Å². The van der Waals surface area contributed by atoms with Crippen molar-refractivity contribution in [2.75, 3.05) is 21.1 Å². The van der Waals surface area contributed by atoms with Crippen LogP contribution in [0.2, 0.25) is 0 Å². The van der Waals surface area contributed by atoms with Gasteiger partial charge in [-0.1, -0.05) is 12.1 Å². The molecule has 10 nitrogen and oxygen atoms in total. The van der Waals surface area contributed by atoms with E-state index in [-0.39, 0.29) is 17.5 Å². The molecule has 0 spiro atoms. The Morgan fingerprint density at radius 1 is 1.15 bits per heavy atom.